The van der Waals surface area contributed by atoms with Crippen molar-refractivity contribution in [2.24, 2.45) is 0 Å². The van der Waals surface area contributed by atoms with Crippen LogP contribution in [0.5, 0.6) is 0 Å². The van der Waals surface area contributed by atoms with Crippen molar-refractivity contribution in [3.8, 4) is 0 Å². The Hall–Kier alpha value is -1.42. The highest BCUT2D eigenvalue weighted by Crippen LogP contribution is 2.26. The minimum absolute atomic E-state index is 0.868. The van der Waals surface area contributed by atoms with Crippen LogP contribution in [0.15, 0.2) is 17.8 Å². The molecule has 1 N–H and O–H groups in total. The molecule has 4 heteroatoms. The third kappa shape index (κ3) is 2.05. The summed E-state index contributed by atoms with van der Waals surface area (Å²) in [5, 5.41) is 5.58. The third-order valence-electron chi connectivity index (χ3n) is 3.26. The van der Waals surface area contributed by atoms with E-state index in [4.69, 9.17) is 0 Å². The van der Waals surface area contributed by atoms with Gasteiger partial charge in [-0.25, -0.2) is 9.97 Å². The fourth-order valence-corrected chi connectivity index (χ4v) is 3.11. The molecule has 2 aromatic rings. The second kappa shape index (κ2) is 4.45. The first-order valence-corrected chi connectivity index (χ1v) is 6.82. The Labute approximate surface area is 105 Å². The predicted molar refractivity (Wildman–Crippen MR) is 70.4 cm³/mol. The number of aromatic nitrogens is 2. The molecule has 3 nitrogen and oxygen atoms in total. The van der Waals surface area contributed by atoms with E-state index in [-0.39, 0.29) is 0 Å². The van der Waals surface area contributed by atoms with Gasteiger partial charge in [-0.05, 0) is 43.2 Å². The quantitative estimate of drug-likeness (QED) is 0.903. The zero-order valence-electron chi connectivity index (χ0n) is 9.86. The molecule has 0 aromatic carbocycles. The number of rotatable bonds is 3. The molecule has 3 rings (SSSR count). The summed E-state index contributed by atoms with van der Waals surface area (Å²) in [7, 11) is 0. The molecular weight excluding hydrogens is 230 g/mol. The minimum atomic E-state index is 0.868. The molecule has 0 bridgehead atoms. The molecular formula is C13H15N3S. The van der Waals surface area contributed by atoms with Crippen LogP contribution in [0.1, 0.15) is 28.1 Å². The maximum Gasteiger partial charge on any atom is 0.133 e. The normalized spacial score (nSPS) is 13.7. The third-order valence-corrected chi connectivity index (χ3v) is 4.28. The highest BCUT2D eigenvalue weighted by molar-refractivity contribution is 7.10. The lowest BCUT2D eigenvalue weighted by Gasteiger charge is -2.09. The molecule has 0 spiro atoms. The largest absolute Gasteiger partial charge is 0.365 e. The van der Waals surface area contributed by atoms with E-state index in [1.165, 1.54) is 28.1 Å². The van der Waals surface area contributed by atoms with E-state index >= 15 is 0 Å². The summed E-state index contributed by atoms with van der Waals surface area (Å²) in [4.78, 5) is 10.1. The van der Waals surface area contributed by atoms with Crippen LogP contribution >= 0.6 is 11.3 Å². The summed E-state index contributed by atoms with van der Waals surface area (Å²) in [6.45, 7) is 3.02. The zero-order chi connectivity index (χ0) is 11.7. The van der Waals surface area contributed by atoms with E-state index in [0.717, 1.165) is 25.2 Å². The highest BCUT2D eigenvalue weighted by Gasteiger charge is 2.16. The molecule has 0 atom stereocenters. The van der Waals surface area contributed by atoms with Crippen LogP contribution in [0, 0.1) is 6.92 Å². The monoisotopic (exact) mass is 245 g/mol. The molecule has 0 saturated carbocycles. The van der Waals surface area contributed by atoms with E-state index in [1.807, 2.05) is 0 Å². The molecule has 17 heavy (non-hydrogen) atoms. The van der Waals surface area contributed by atoms with Gasteiger partial charge in [0.2, 0.25) is 0 Å². The van der Waals surface area contributed by atoms with Gasteiger partial charge in [-0.2, -0.15) is 0 Å². The van der Waals surface area contributed by atoms with Crippen molar-refractivity contribution in [3.63, 3.8) is 0 Å². The molecule has 1 aliphatic rings. The number of fused-ring (bicyclic) bond motifs is 1. The Morgan fingerprint density at radius 3 is 3.12 bits per heavy atom. The summed E-state index contributed by atoms with van der Waals surface area (Å²) >= 11 is 1.80. The van der Waals surface area contributed by atoms with Gasteiger partial charge in [0, 0.05) is 16.1 Å². The van der Waals surface area contributed by atoms with E-state index in [9.17, 15) is 0 Å². The van der Waals surface area contributed by atoms with Crippen molar-refractivity contribution in [2.75, 3.05) is 5.32 Å². The van der Waals surface area contributed by atoms with Crippen molar-refractivity contribution in [1.82, 2.24) is 9.97 Å². The van der Waals surface area contributed by atoms with Crippen molar-refractivity contribution in [2.45, 2.75) is 32.7 Å². The van der Waals surface area contributed by atoms with Crippen molar-refractivity contribution < 1.29 is 0 Å². The zero-order valence-corrected chi connectivity index (χ0v) is 10.7. The van der Waals surface area contributed by atoms with E-state index in [0.29, 0.717) is 0 Å². The molecule has 1 aliphatic carbocycles. The Kier molecular flexibility index (Phi) is 2.81. The molecule has 0 fully saturated rings. The first-order chi connectivity index (χ1) is 8.34. The molecule has 2 heterocycles. The summed E-state index contributed by atoms with van der Waals surface area (Å²) in [6, 6.07) is 2.16. The minimum Gasteiger partial charge on any atom is -0.365 e. The van der Waals surface area contributed by atoms with Crippen LogP contribution in [0.2, 0.25) is 0 Å². The Morgan fingerprint density at radius 2 is 2.29 bits per heavy atom. The second-order valence-corrected chi connectivity index (χ2v) is 5.38. The number of aryl methyl sites for hydroxylation is 2. The number of nitrogens with one attached hydrogen (secondary N) is 1. The molecule has 0 unspecified atom stereocenters. The van der Waals surface area contributed by atoms with Crippen LogP contribution in [-0.2, 0) is 19.4 Å². The first kappa shape index (κ1) is 10.7. The lowest BCUT2D eigenvalue weighted by Crippen LogP contribution is -2.05. The fourth-order valence-electron chi connectivity index (χ4n) is 2.26. The molecule has 0 radical (unpaired) electrons. The lowest BCUT2D eigenvalue weighted by molar-refractivity contribution is 0.899. The van der Waals surface area contributed by atoms with E-state index in [1.54, 1.807) is 17.7 Å². The number of nitrogens with zero attached hydrogens (tertiary/aromatic N) is 2. The Bertz CT molecular complexity index is 533. The van der Waals surface area contributed by atoms with Gasteiger partial charge in [-0.15, -0.1) is 11.3 Å². The van der Waals surface area contributed by atoms with Crippen LogP contribution in [-0.4, -0.2) is 9.97 Å². The van der Waals surface area contributed by atoms with Crippen molar-refractivity contribution in [1.29, 1.82) is 0 Å². The molecule has 88 valence electrons. The number of anilines is 1. The van der Waals surface area contributed by atoms with Gasteiger partial charge in [-0.3, -0.25) is 0 Å². The molecule has 0 amide bonds. The van der Waals surface area contributed by atoms with Gasteiger partial charge in [0.1, 0.15) is 12.1 Å². The lowest BCUT2D eigenvalue weighted by atomic mass is 10.2. The van der Waals surface area contributed by atoms with Gasteiger partial charge in [-0.1, -0.05) is 0 Å². The summed E-state index contributed by atoms with van der Waals surface area (Å²) in [5.74, 6) is 1.03. The first-order valence-electron chi connectivity index (χ1n) is 5.94. The van der Waals surface area contributed by atoms with Gasteiger partial charge >= 0.3 is 0 Å². The standard InChI is InChI=1S/C13H15N3S/c1-9-5-6-17-12(9)7-14-13-10-3-2-4-11(10)15-8-16-13/h5-6,8H,2-4,7H2,1H3,(H,14,15,16). The number of hydrogen-bond donors (Lipinski definition) is 1. The second-order valence-electron chi connectivity index (χ2n) is 4.38. The van der Waals surface area contributed by atoms with Crippen LogP contribution in [0.4, 0.5) is 5.82 Å². The van der Waals surface area contributed by atoms with Gasteiger partial charge in [0.05, 0.1) is 6.54 Å². The average molecular weight is 245 g/mol. The van der Waals surface area contributed by atoms with Gasteiger partial charge in [0.25, 0.3) is 0 Å². The predicted octanol–water partition coefficient (Wildman–Crippen LogP) is 2.95. The number of hydrogen-bond acceptors (Lipinski definition) is 4. The Balaban J connectivity index is 1.78. The number of thiophene rings is 1. The van der Waals surface area contributed by atoms with Gasteiger partial charge in [0.15, 0.2) is 0 Å². The maximum absolute atomic E-state index is 4.36. The van der Waals surface area contributed by atoms with Crippen LogP contribution in [0.3, 0.4) is 0 Å². The Morgan fingerprint density at radius 1 is 1.35 bits per heavy atom. The van der Waals surface area contributed by atoms with Crippen molar-refractivity contribution >= 4 is 17.2 Å². The molecule has 0 saturated heterocycles. The summed E-state index contributed by atoms with van der Waals surface area (Å²) in [6.07, 6.45) is 5.10. The van der Waals surface area contributed by atoms with E-state index < -0.39 is 0 Å². The topological polar surface area (TPSA) is 37.8 Å². The van der Waals surface area contributed by atoms with E-state index in [2.05, 4.69) is 33.7 Å². The average Bonchev–Trinajstić information content (AvgIpc) is 2.95. The summed E-state index contributed by atoms with van der Waals surface area (Å²) in [5.41, 5.74) is 3.90. The van der Waals surface area contributed by atoms with Crippen LogP contribution in [0.25, 0.3) is 0 Å². The smallest absolute Gasteiger partial charge is 0.133 e. The van der Waals surface area contributed by atoms with Crippen molar-refractivity contribution in [3.05, 3.63) is 39.5 Å². The maximum atomic E-state index is 4.36. The summed E-state index contributed by atoms with van der Waals surface area (Å²) < 4.78 is 0. The molecule has 0 aliphatic heterocycles. The highest BCUT2D eigenvalue weighted by atomic mass is 32.1. The van der Waals surface area contributed by atoms with Gasteiger partial charge < -0.3 is 5.32 Å². The fraction of sp³-hybridized carbons (Fsp3) is 0.385. The van der Waals surface area contributed by atoms with Crippen LogP contribution < -0.4 is 5.32 Å². The SMILES string of the molecule is Cc1ccsc1CNc1ncnc2c1CCC2. The molecule has 2 aromatic heterocycles.